The Balaban J connectivity index is 1.88. The van der Waals surface area contributed by atoms with E-state index in [-0.39, 0.29) is 18.1 Å². The van der Waals surface area contributed by atoms with Crippen LogP contribution in [-0.2, 0) is 13.1 Å². The summed E-state index contributed by atoms with van der Waals surface area (Å²) in [5, 5.41) is 10.3. The van der Waals surface area contributed by atoms with Crippen LogP contribution < -0.4 is 15.0 Å². The molecule has 0 fully saturated rings. The van der Waals surface area contributed by atoms with E-state index >= 15 is 0 Å². The van der Waals surface area contributed by atoms with Gasteiger partial charge in [0.05, 0.1) is 14.2 Å². The van der Waals surface area contributed by atoms with Crippen LogP contribution in [0.25, 0.3) is 11.4 Å². The van der Waals surface area contributed by atoms with Gasteiger partial charge in [-0.05, 0) is 24.7 Å². The SMILES string of the molecule is CCN(CC)Cc1ccc(-c2nc(C(=O)N(C)Cc3cccc(OC)c3OC)c(O)c(=O)[nH]2)cc1. The first-order valence-electron chi connectivity index (χ1n) is 11.4. The van der Waals surface area contributed by atoms with Crippen LogP contribution in [0.3, 0.4) is 0 Å². The molecule has 0 aliphatic carbocycles. The lowest BCUT2D eigenvalue weighted by Gasteiger charge is -2.20. The van der Waals surface area contributed by atoms with Crippen LogP contribution in [0.5, 0.6) is 17.2 Å². The molecule has 9 heteroatoms. The van der Waals surface area contributed by atoms with Crippen molar-refractivity contribution in [2.75, 3.05) is 34.4 Å². The summed E-state index contributed by atoms with van der Waals surface area (Å²) in [6.07, 6.45) is 0. The molecule has 1 heterocycles. The van der Waals surface area contributed by atoms with Gasteiger partial charge in [-0.3, -0.25) is 14.5 Å². The molecule has 2 N–H and O–H groups in total. The van der Waals surface area contributed by atoms with Gasteiger partial charge >= 0.3 is 0 Å². The molecule has 0 unspecified atom stereocenters. The number of amides is 1. The molecule has 0 bridgehead atoms. The van der Waals surface area contributed by atoms with Gasteiger partial charge in [-0.1, -0.05) is 50.2 Å². The number of ether oxygens (including phenoxy) is 2. The molecule has 0 spiro atoms. The summed E-state index contributed by atoms with van der Waals surface area (Å²) < 4.78 is 10.8. The van der Waals surface area contributed by atoms with Crippen LogP contribution in [0.1, 0.15) is 35.5 Å². The van der Waals surface area contributed by atoms with Gasteiger partial charge < -0.3 is 24.5 Å². The predicted molar refractivity (Wildman–Crippen MR) is 134 cm³/mol. The van der Waals surface area contributed by atoms with Gasteiger partial charge in [0.25, 0.3) is 11.5 Å². The van der Waals surface area contributed by atoms with E-state index in [1.807, 2.05) is 24.3 Å². The maximum atomic E-state index is 13.2. The zero-order valence-corrected chi connectivity index (χ0v) is 20.8. The Bertz CT molecular complexity index is 1220. The maximum Gasteiger partial charge on any atom is 0.294 e. The number of aromatic amines is 1. The lowest BCUT2D eigenvalue weighted by Crippen LogP contribution is -2.29. The molecule has 0 aliphatic heterocycles. The van der Waals surface area contributed by atoms with E-state index in [0.717, 1.165) is 25.2 Å². The molecule has 0 aliphatic rings. The number of carbonyl (C=O) groups is 1. The largest absolute Gasteiger partial charge is 0.501 e. The zero-order valence-electron chi connectivity index (χ0n) is 20.8. The minimum absolute atomic E-state index is 0.155. The van der Waals surface area contributed by atoms with Crippen molar-refractivity contribution in [3.63, 3.8) is 0 Å². The third kappa shape index (κ3) is 5.81. The second-order valence-electron chi connectivity index (χ2n) is 8.08. The van der Waals surface area contributed by atoms with E-state index in [4.69, 9.17) is 9.47 Å². The molecule has 3 aromatic rings. The molecular formula is C26H32N4O5. The lowest BCUT2D eigenvalue weighted by molar-refractivity contribution is 0.0774. The van der Waals surface area contributed by atoms with Crippen LogP contribution in [0.4, 0.5) is 0 Å². The quantitative estimate of drug-likeness (QED) is 0.458. The number of benzene rings is 2. The average molecular weight is 481 g/mol. The van der Waals surface area contributed by atoms with Crippen molar-refractivity contribution in [3.05, 3.63) is 69.6 Å². The first-order chi connectivity index (χ1) is 16.8. The molecule has 1 aromatic heterocycles. The molecule has 9 nitrogen and oxygen atoms in total. The van der Waals surface area contributed by atoms with Crippen molar-refractivity contribution < 1.29 is 19.4 Å². The van der Waals surface area contributed by atoms with Crippen molar-refractivity contribution >= 4 is 5.91 Å². The fraction of sp³-hybridized carbons (Fsp3) is 0.346. The predicted octanol–water partition coefficient (Wildman–Crippen LogP) is 3.27. The lowest BCUT2D eigenvalue weighted by atomic mass is 10.1. The molecule has 0 saturated heterocycles. The molecule has 35 heavy (non-hydrogen) atoms. The Morgan fingerprint density at radius 1 is 1.03 bits per heavy atom. The summed E-state index contributed by atoms with van der Waals surface area (Å²) in [4.78, 5) is 36.1. The Hall–Kier alpha value is -3.85. The number of nitrogens with one attached hydrogen (secondary N) is 1. The highest BCUT2D eigenvalue weighted by Gasteiger charge is 2.23. The standard InChI is InChI=1S/C26H32N4O5/c1-6-30(7-2)15-17-11-13-18(14-12-17)24-27-21(22(31)25(32)28-24)26(33)29(3)16-19-9-8-10-20(34-4)23(19)35-5/h8-14,31H,6-7,15-16H2,1-5H3,(H,27,28,32). The molecule has 1 amide bonds. The number of methoxy groups -OCH3 is 2. The maximum absolute atomic E-state index is 13.2. The number of aromatic hydroxyl groups is 1. The van der Waals surface area contributed by atoms with Crippen LogP contribution in [0.2, 0.25) is 0 Å². The van der Waals surface area contributed by atoms with E-state index in [0.29, 0.717) is 22.6 Å². The van der Waals surface area contributed by atoms with Gasteiger partial charge in [0.1, 0.15) is 5.82 Å². The number of rotatable bonds is 10. The van der Waals surface area contributed by atoms with Gasteiger partial charge in [0, 0.05) is 31.3 Å². The first-order valence-corrected chi connectivity index (χ1v) is 11.4. The van der Waals surface area contributed by atoms with Crippen LogP contribution in [0, 0.1) is 0 Å². The van der Waals surface area contributed by atoms with Crippen LogP contribution in [-0.4, -0.2) is 65.1 Å². The van der Waals surface area contributed by atoms with Crippen molar-refractivity contribution in [2.45, 2.75) is 26.9 Å². The number of aromatic nitrogens is 2. The first kappa shape index (κ1) is 25.8. The van der Waals surface area contributed by atoms with Crippen LogP contribution in [0.15, 0.2) is 47.3 Å². The fourth-order valence-corrected chi connectivity index (χ4v) is 3.81. The van der Waals surface area contributed by atoms with Crippen molar-refractivity contribution in [1.29, 1.82) is 0 Å². The highest BCUT2D eigenvalue weighted by atomic mass is 16.5. The highest BCUT2D eigenvalue weighted by molar-refractivity contribution is 5.95. The van der Waals surface area contributed by atoms with Crippen molar-refractivity contribution in [2.24, 2.45) is 0 Å². The average Bonchev–Trinajstić information content (AvgIpc) is 2.88. The zero-order chi connectivity index (χ0) is 25.5. The summed E-state index contributed by atoms with van der Waals surface area (Å²) in [6.45, 7) is 7.10. The summed E-state index contributed by atoms with van der Waals surface area (Å²) in [7, 11) is 4.62. The van der Waals surface area contributed by atoms with Gasteiger partial charge in [0.2, 0.25) is 5.75 Å². The minimum Gasteiger partial charge on any atom is -0.501 e. The highest BCUT2D eigenvalue weighted by Crippen LogP contribution is 2.31. The van der Waals surface area contributed by atoms with Gasteiger partial charge in [-0.25, -0.2) is 4.98 Å². The Morgan fingerprint density at radius 3 is 2.31 bits per heavy atom. The minimum atomic E-state index is -0.780. The number of para-hydroxylation sites is 1. The Labute approximate surface area is 204 Å². The normalized spacial score (nSPS) is 10.9. The van der Waals surface area contributed by atoms with Gasteiger partial charge in [-0.15, -0.1) is 0 Å². The van der Waals surface area contributed by atoms with Crippen LogP contribution >= 0.6 is 0 Å². The number of hydrogen-bond acceptors (Lipinski definition) is 7. The Kier molecular flexibility index (Phi) is 8.48. The second-order valence-corrected chi connectivity index (χ2v) is 8.08. The fourth-order valence-electron chi connectivity index (χ4n) is 3.81. The van der Waals surface area contributed by atoms with E-state index < -0.39 is 17.2 Å². The third-order valence-corrected chi connectivity index (χ3v) is 5.86. The van der Waals surface area contributed by atoms with E-state index in [9.17, 15) is 14.7 Å². The van der Waals surface area contributed by atoms with E-state index in [1.54, 1.807) is 25.2 Å². The Morgan fingerprint density at radius 2 is 1.71 bits per heavy atom. The molecule has 0 atom stereocenters. The molecule has 3 rings (SSSR count). The summed E-state index contributed by atoms with van der Waals surface area (Å²) in [6, 6.07) is 13.0. The summed E-state index contributed by atoms with van der Waals surface area (Å²) in [5.74, 6) is -0.0740. The number of H-pyrrole nitrogens is 1. The van der Waals surface area contributed by atoms with E-state index in [2.05, 4.69) is 28.7 Å². The topological polar surface area (TPSA) is 108 Å². The molecule has 0 saturated carbocycles. The summed E-state index contributed by atoms with van der Waals surface area (Å²) >= 11 is 0. The number of hydrogen-bond donors (Lipinski definition) is 2. The number of nitrogens with zero attached hydrogens (tertiary/aromatic N) is 3. The van der Waals surface area contributed by atoms with Crippen molar-refractivity contribution in [3.8, 4) is 28.6 Å². The van der Waals surface area contributed by atoms with Gasteiger partial charge in [-0.2, -0.15) is 0 Å². The van der Waals surface area contributed by atoms with Crippen molar-refractivity contribution in [1.82, 2.24) is 19.8 Å². The number of carbonyl (C=O) groups excluding carboxylic acids is 1. The molecule has 0 radical (unpaired) electrons. The van der Waals surface area contributed by atoms with Gasteiger partial charge in [0.15, 0.2) is 17.2 Å². The molecule has 2 aromatic carbocycles. The second kappa shape index (κ2) is 11.5. The molecule has 186 valence electrons. The third-order valence-electron chi connectivity index (χ3n) is 5.86. The monoisotopic (exact) mass is 480 g/mol. The summed E-state index contributed by atoms with van der Waals surface area (Å²) in [5.41, 5.74) is 1.37. The van der Waals surface area contributed by atoms with E-state index in [1.165, 1.54) is 19.1 Å². The molecular weight excluding hydrogens is 448 g/mol. The smallest absolute Gasteiger partial charge is 0.294 e.